The summed E-state index contributed by atoms with van der Waals surface area (Å²) in [6.07, 6.45) is 0. The fraction of sp³-hybridized carbons (Fsp3) is 0.222. The molecule has 1 aromatic carbocycles. The molecule has 0 saturated carbocycles. The zero-order valence-corrected chi connectivity index (χ0v) is 9.32. The van der Waals surface area contributed by atoms with Gasteiger partial charge in [-0.3, -0.25) is 19.7 Å². The zero-order valence-electron chi connectivity index (χ0n) is 8.50. The third-order valence-electron chi connectivity index (χ3n) is 1.63. The molecular formula is C9H10N2O4S. The van der Waals surface area contributed by atoms with E-state index in [0.29, 0.717) is 0 Å². The number of nitrogens with zero attached hydrogens (tertiary/aromatic N) is 1. The minimum absolute atomic E-state index is 0.0330. The maximum Gasteiger partial charge on any atom is 0.269 e. The second-order valence-electron chi connectivity index (χ2n) is 2.77. The zero-order chi connectivity index (χ0) is 12.0. The number of hydroxylamine groups is 1. The number of nitrogens with one attached hydrogen (secondary N) is 1. The summed E-state index contributed by atoms with van der Waals surface area (Å²) in [4.78, 5) is 26.2. The maximum atomic E-state index is 11.0. The molecule has 1 amide bonds. The van der Waals surface area contributed by atoms with Crippen molar-refractivity contribution in [1.29, 1.82) is 0 Å². The Balaban J connectivity index is 2.49. The van der Waals surface area contributed by atoms with Crippen LogP contribution in [0.15, 0.2) is 29.2 Å². The smallest absolute Gasteiger partial charge is 0.269 e. The Hall–Kier alpha value is -1.60. The van der Waals surface area contributed by atoms with Crippen molar-refractivity contribution in [3.8, 4) is 0 Å². The van der Waals surface area contributed by atoms with Gasteiger partial charge in [0.15, 0.2) is 0 Å². The lowest BCUT2D eigenvalue weighted by Crippen LogP contribution is -2.23. The Morgan fingerprint density at radius 2 is 2.12 bits per heavy atom. The molecule has 0 saturated heterocycles. The molecule has 0 fully saturated rings. The topological polar surface area (TPSA) is 81.5 Å². The van der Waals surface area contributed by atoms with Gasteiger partial charge in [-0.1, -0.05) is 0 Å². The van der Waals surface area contributed by atoms with Crippen LogP contribution in [0.25, 0.3) is 0 Å². The first-order valence-corrected chi connectivity index (χ1v) is 5.31. The number of rotatable bonds is 5. The Morgan fingerprint density at radius 1 is 1.50 bits per heavy atom. The molecule has 0 heterocycles. The van der Waals surface area contributed by atoms with E-state index in [9.17, 15) is 14.9 Å². The summed E-state index contributed by atoms with van der Waals surface area (Å²) < 4.78 is 0. The molecule has 7 heteroatoms. The predicted octanol–water partition coefficient (Wildman–Crippen LogP) is 1.36. The lowest BCUT2D eigenvalue weighted by molar-refractivity contribution is -0.384. The molecule has 86 valence electrons. The fourth-order valence-electron chi connectivity index (χ4n) is 0.956. The van der Waals surface area contributed by atoms with Crippen molar-refractivity contribution in [2.24, 2.45) is 0 Å². The van der Waals surface area contributed by atoms with Gasteiger partial charge >= 0.3 is 0 Å². The van der Waals surface area contributed by atoms with Gasteiger partial charge in [-0.2, -0.15) is 0 Å². The first-order chi connectivity index (χ1) is 7.63. The fourth-order valence-corrected chi connectivity index (χ4v) is 1.64. The van der Waals surface area contributed by atoms with Gasteiger partial charge < -0.3 is 0 Å². The molecule has 0 bridgehead atoms. The van der Waals surface area contributed by atoms with E-state index in [1.54, 1.807) is 12.1 Å². The largest absolute Gasteiger partial charge is 0.277 e. The second-order valence-corrected chi connectivity index (χ2v) is 3.82. The van der Waals surface area contributed by atoms with Crippen molar-refractivity contribution in [3.63, 3.8) is 0 Å². The summed E-state index contributed by atoms with van der Waals surface area (Å²) in [7, 11) is 1.36. The van der Waals surface area contributed by atoms with Crippen molar-refractivity contribution in [1.82, 2.24) is 5.48 Å². The average Bonchev–Trinajstić information content (AvgIpc) is 2.27. The summed E-state index contributed by atoms with van der Waals surface area (Å²) >= 11 is 1.27. The third-order valence-corrected chi connectivity index (χ3v) is 2.65. The number of amides is 1. The molecule has 0 aromatic heterocycles. The molecule has 0 aliphatic heterocycles. The van der Waals surface area contributed by atoms with Crippen molar-refractivity contribution < 1.29 is 14.6 Å². The molecular weight excluding hydrogens is 232 g/mol. The van der Waals surface area contributed by atoms with E-state index in [0.717, 1.165) is 4.90 Å². The normalized spacial score (nSPS) is 9.81. The number of benzene rings is 1. The van der Waals surface area contributed by atoms with Crippen LogP contribution in [-0.4, -0.2) is 23.7 Å². The van der Waals surface area contributed by atoms with Gasteiger partial charge in [-0.05, 0) is 12.1 Å². The molecule has 0 radical (unpaired) electrons. The van der Waals surface area contributed by atoms with E-state index in [1.165, 1.54) is 31.0 Å². The SMILES string of the molecule is CONC(=O)CSc1ccc([N+](=O)[O-])cc1. The van der Waals surface area contributed by atoms with E-state index in [-0.39, 0.29) is 17.3 Å². The third kappa shape index (κ3) is 3.87. The Bertz CT molecular complexity index is 380. The van der Waals surface area contributed by atoms with Crippen LogP contribution in [0.5, 0.6) is 0 Å². The van der Waals surface area contributed by atoms with E-state index in [4.69, 9.17) is 0 Å². The quantitative estimate of drug-likeness (QED) is 0.479. The number of hydrogen-bond donors (Lipinski definition) is 1. The Kier molecular flexibility index (Phi) is 4.74. The molecule has 0 unspecified atom stereocenters. The van der Waals surface area contributed by atoms with Gasteiger partial charge in [-0.15, -0.1) is 11.8 Å². The van der Waals surface area contributed by atoms with E-state index < -0.39 is 4.92 Å². The Morgan fingerprint density at radius 3 is 2.62 bits per heavy atom. The van der Waals surface area contributed by atoms with Crippen molar-refractivity contribution in [2.45, 2.75) is 4.90 Å². The first-order valence-electron chi connectivity index (χ1n) is 4.32. The summed E-state index contributed by atoms with van der Waals surface area (Å²) in [5.41, 5.74) is 2.21. The molecule has 16 heavy (non-hydrogen) atoms. The van der Waals surface area contributed by atoms with Crippen LogP contribution in [0.1, 0.15) is 0 Å². The molecule has 0 aliphatic rings. The molecule has 6 nitrogen and oxygen atoms in total. The highest BCUT2D eigenvalue weighted by Crippen LogP contribution is 2.20. The predicted molar refractivity (Wildman–Crippen MR) is 59.0 cm³/mol. The number of nitro benzene ring substituents is 1. The van der Waals surface area contributed by atoms with Crippen LogP contribution in [-0.2, 0) is 9.63 Å². The van der Waals surface area contributed by atoms with Gasteiger partial charge in [0, 0.05) is 17.0 Å². The van der Waals surface area contributed by atoms with E-state index in [2.05, 4.69) is 10.3 Å². The van der Waals surface area contributed by atoms with Gasteiger partial charge in [0.1, 0.15) is 0 Å². The molecule has 0 spiro atoms. The molecule has 1 aromatic rings. The minimum Gasteiger partial charge on any atom is -0.277 e. The highest BCUT2D eigenvalue weighted by molar-refractivity contribution is 8.00. The second kappa shape index (κ2) is 6.09. The Labute approximate surface area is 96.1 Å². The van der Waals surface area contributed by atoms with Crippen LogP contribution in [0.4, 0.5) is 5.69 Å². The summed E-state index contributed by atoms with van der Waals surface area (Å²) in [6, 6.07) is 6.00. The average molecular weight is 242 g/mol. The highest BCUT2D eigenvalue weighted by Gasteiger charge is 2.05. The standard InChI is InChI=1S/C9H10N2O4S/c1-15-10-9(12)6-16-8-4-2-7(3-5-8)11(13)14/h2-5H,6H2,1H3,(H,10,12). The summed E-state index contributed by atoms with van der Waals surface area (Å²) in [6.45, 7) is 0. The van der Waals surface area contributed by atoms with Gasteiger partial charge in [0.2, 0.25) is 0 Å². The first kappa shape index (κ1) is 12.5. The lowest BCUT2D eigenvalue weighted by Gasteiger charge is -2.01. The van der Waals surface area contributed by atoms with Gasteiger partial charge in [0.05, 0.1) is 17.8 Å². The van der Waals surface area contributed by atoms with Crippen LogP contribution in [0, 0.1) is 10.1 Å². The molecule has 1 N–H and O–H groups in total. The number of hydrogen-bond acceptors (Lipinski definition) is 5. The van der Waals surface area contributed by atoms with Crippen molar-refractivity contribution in [3.05, 3.63) is 34.4 Å². The highest BCUT2D eigenvalue weighted by atomic mass is 32.2. The maximum absolute atomic E-state index is 11.0. The van der Waals surface area contributed by atoms with Crippen LogP contribution in [0.2, 0.25) is 0 Å². The van der Waals surface area contributed by atoms with Crippen LogP contribution < -0.4 is 5.48 Å². The van der Waals surface area contributed by atoms with Crippen molar-refractivity contribution in [2.75, 3.05) is 12.9 Å². The summed E-state index contributed by atoms with van der Waals surface area (Å²) in [5, 5.41) is 10.4. The number of carbonyl (C=O) groups is 1. The van der Waals surface area contributed by atoms with Crippen LogP contribution in [0.3, 0.4) is 0 Å². The van der Waals surface area contributed by atoms with Crippen LogP contribution >= 0.6 is 11.8 Å². The molecule has 1 rings (SSSR count). The molecule has 0 aliphatic carbocycles. The van der Waals surface area contributed by atoms with E-state index in [1.807, 2.05) is 0 Å². The number of thioether (sulfide) groups is 1. The summed E-state index contributed by atoms with van der Waals surface area (Å²) in [5.74, 6) is -0.0584. The van der Waals surface area contributed by atoms with Gasteiger partial charge in [-0.25, -0.2) is 5.48 Å². The minimum atomic E-state index is -0.466. The lowest BCUT2D eigenvalue weighted by atomic mass is 10.3. The van der Waals surface area contributed by atoms with Gasteiger partial charge in [0.25, 0.3) is 11.6 Å². The monoisotopic (exact) mass is 242 g/mol. The number of nitro groups is 1. The van der Waals surface area contributed by atoms with E-state index >= 15 is 0 Å². The number of carbonyl (C=O) groups excluding carboxylic acids is 1. The number of non-ortho nitro benzene ring substituents is 1. The van der Waals surface area contributed by atoms with Crippen molar-refractivity contribution >= 4 is 23.4 Å². The molecule has 0 atom stereocenters.